The Hall–Kier alpha value is -2.52. The number of quaternary nitrogens is 2. The molecule has 8 nitrogen and oxygen atoms in total. The van der Waals surface area contributed by atoms with Crippen molar-refractivity contribution >= 4 is 41.0 Å². The van der Waals surface area contributed by atoms with Gasteiger partial charge in [0.1, 0.15) is 37.7 Å². The van der Waals surface area contributed by atoms with Crippen LogP contribution < -0.4 is 15.2 Å². The Bertz CT molecular complexity index is 946. The predicted molar refractivity (Wildman–Crippen MR) is 115 cm³/mol. The minimum atomic E-state index is -0.561. The van der Waals surface area contributed by atoms with Crippen LogP contribution in [0.2, 0.25) is 10.0 Å². The highest BCUT2D eigenvalue weighted by atomic mass is 35.5. The Morgan fingerprint density at radius 2 is 1.80 bits per heavy atom. The van der Waals surface area contributed by atoms with E-state index in [1.54, 1.807) is 6.07 Å². The van der Waals surface area contributed by atoms with Gasteiger partial charge < -0.3 is 9.80 Å². The first-order valence-corrected chi connectivity index (χ1v) is 10.3. The van der Waals surface area contributed by atoms with Crippen LogP contribution in [0, 0.1) is 10.1 Å². The van der Waals surface area contributed by atoms with E-state index in [2.05, 4.69) is 16.6 Å². The Balaban J connectivity index is 1.43. The molecule has 1 aliphatic heterocycles. The van der Waals surface area contributed by atoms with Crippen LogP contribution in [0.3, 0.4) is 0 Å². The molecule has 1 fully saturated rings. The molecule has 2 aromatic carbocycles. The third-order valence-corrected chi connectivity index (χ3v) is 5.73. The fourth-order valence-electron chi connectivity index (χ4n) is 3.42. The number of carbonyl (C=O) groups excluding carboxylic acids is 1. The normalized spacial score (nSPS) is 19.0. The molecule has 1 amide bonds. The topological polar surface area (TPSA) is 93.5 Å². The summed E-state index contributed by atoms with van der Waals surface area (Å²) in [5.74, 6) is -0.195. The summed E-state index contributed by atoms with van der Waals surface area (Å²) in [6, 6.07) is 12.2. The van der Waals surface area contributed by atoms with Crippen molar-refractivity contribution in [3.8, 4) is 0 Å². The van der Waals surface area contributed by atoms with Crippen molar-refractivity contribution in [2.75, 3.05) is 32.7 Å². The van der Waals surface area contributed by atoms with Gasteiger partial charge in [-0.25, -0.2) is 5.43 Å². The number of piperazine rings is 1. The third-order valence-electron chi connectivity index (χ3n) is 5.04. The highest BCUT2D eigenvalue weighted by Gasteiger charge is 2.25. The summed E-state index contributed by atoms with van der Waals surface area (Å²) >= 11 is 12.0. The standard InChI is InChI=1S/C20H21Cl2N5O3/c21-17-4-2-1-3-16(17)13-25-7-9-26(10-8-25)14-20(28)24-23-12-15-5-6-18(22)19(11-15)27(29)30/h1-6,11-12H,7-10,13-14H2,(H,24,28)/p+2. The molecular weight excluding hydrogens is 429 g/mol. The van der Waals surface area contributed by atoms with Crippen LogP contribution in [0.15, 0.2) is 47.6 Å². The fraction of sp³-hybridized carbons (Fsp3) is 0.300. The van der Waals surface area contributed by atoms with E-state index in [1.165, 1.54) is 28.1 Å². The minimum Gasteiger partial charge on any atom is -0.322 e. The fourth-order valence-corrected chi connectivity index (χ4v) is 3.81. The van der Waals surface area contributed by atoms with Crippen LogP contribution in [-0.2, 0) is 11.3 Å². The molecule has 10 heteroatoms. The second-order valence-corrected chi connectivity index (χ2v) is 8.02. The number of nitrogens with zero attached hydrogens (tertiary/aromatic N) is 2. The summed E-state index contributed by atoms with van der Waals surface area (Å²) < 4.78 is 0. The third kappa shape index (κ3) is 6.24. The van der Waals surface area contributed by atoms with Crippen molar-refractivity contribution in [3.05, 3.63) is 73.8 Å². The number of hydrogen-bond acceptors (Lipinski definition) is 4. The molecule has 1 saturated heterocycles. The SMILES string of the molecule is O=C(C[NH+]1CC[NH+](Cc2ccccc2Cl)CC1)NN=Cc1ccc(Cl)c([N+](=O)[O-])c1. The largest absolute Gasteiger partial charge is 0.322 e. The van der Waals surface area contributed by atoms with Gasteiger partial charge >= 0.3 is 0 Å². The number of halogens is 2. The van der Waals surface area contributed by atoms with Gasteiger partial charge in [0.25, 0.3) is 11.6 Å². The number of nitrogens with one attached hydrogen (secondary N) is 3. The number of hydrogen-bond donors (Lipinski definition) is 3. The van der Waals surface area contributed by atoms with Gasteiger partial charge in [0.2, 0.25) is 0 Å². The number of rotatable bonds is 7. The molecule has 0 bridgehead atoms. The summed E-state index contributed by atoms with van der Waals surface area (Å²) in [5.41, 5.74) is 3.91. The van der Waals surface area contributed by atoms with E-state index in [1.807, 2.05) is 18.2 Å². The molecule has 158 valence electrons. The van der Waals surface area contributed by atoms with E-state index in [4.69, 9.17) is 23.2 Å². The van der Waals surface area contributed by atoms with Gasteiger partial charge in [0.05, 0.1) is 11.1 Å². The van der Waals surface area contributed by atoms with Crippen LogP contribution in [0.5, 0.6) is 0 Å². The summed E-state index contributed by atoms with van der Waals surface area (Å²) in [7, 11) is 0. The second kappa shape index (κ2) is 10.5. The lowest BCUT2D eigenvalue weighted by Crippen LogP contribution is -3.28. The summed E-state index contributed by atoms with van der Waals surface area (Å²) in [5, 5.41) is 15.7. The lowest BCUT2D eigenvalue weighted by atomic mass is 10.2. The van der Waals surface area contributed by atoms with Crippen LogP contribution in [0.1, 0.15) is 11.1 Å². The summed E-state index contributed by atoms with van der Waals surface area (Å²) in [4.78, 5) is 25.2. The Labute approximate surface area is 184 Å². The maximum atomic E-state index is 12.1. The smallest absolute Gasteiger partial charge is 0.295 e. The number of hydrazone groups is 1. The number of nitro groups is 1. The van der Waals surface area contributed by atoms with Crippen molar-refractivity contribution in [1.29, 1.82) is 0 Å². The first-order valence-electron chi connectivity index (χ1n) is 9.59. The van der Waals surface area contributed by atoms with Gasteiger partial charge in [-0.05, 0) is 12.1 Å². The molecule has 0 saturated carbocycles. The lowest BCUT2D eigenvalue weighted by Gasteiger charge is -2.29. The number of benzene rings is 2. The molecule has 30 heavy (non-hydrogen) atoms. The molecule has 0 aliphatic carbocycles. The Morgan fingerprint density at radius 3 is 2.50 bits per heavy atom. The molecule has 2 aromatic rings. The summed E-state index contributed by atoms with van der Waals surface area (Å²) in [6.07, 6.45) is 1.36. The Kier molecular flexibility index (Phi) is 7.75. The number of amides is 1. The van der Waals surface area contributed by atoms with Gasteiger partial charge in [0, 0.05) is 22.2 Å². The van der Waals surface area contributed by atoms with Crippen LogP contribution in [0.4, 0.5) is 5.69 Å². The minimum absolute atomic E-state index is 0.0561. The van der Waals surface area contributed by atoms with Crippen molar-refractivity contribution in [2.45, 2.75) is 6.54 Å². The Morgan fingerprint density at radius 1 is 1.10 bits per heavy atom. The van der Waals surface area contributed by atoms with E-state index >= 15 is 0 Å². The van der Waals surface area contributed by atoms with Crippen LogP contribution in [-0.4, -0.2) is 49.8 Å². The molecule has 3 N–H and O–H groups in total. The van der Waals surface area contributed by atoms with E-state index in [0.717, 1.165) is 43.3 Å². The first-order chi connectivity index (χ1) is 14.4. The van der Waals surface area contributed by atoms with Gasteiger partial charge in [-0.15, -0.1) is 0 Å². The molecule has 0 unspecified atom stereocenters. The molecular formula is C20H23Cl2N5O3+2. The maximum absolute atomic E-state index is 12.1. The van der Waals surface area contributed by atoms with E-state index < -0.39 is 4.92 Å². The molecule has 1 heterocycles. The highest BCUT2D eigenvalue weighted by Crippen LogP contribution is 2.24. The average molecular weight is 452 g/mol. The van der Waals surface area contributed by atoms with E-state index in [-0.39, 0.29) is 16.6 Å². The van der Waals surface area contributed by atoms with Gasteiger partial charge in [-0.1, -0.05) is 47.5 Å². The zero-order chi connectivity index (χ0) is 21.5. The van der Waals surface area contributed by atoms with Gasteiger partial charge in [-0.2, -0.15) is 5.10 Å². The maximum Gasteiger partial charge on any atom is 0.295 e. The molecule has 3 rings (SSSR count). The van der Waals surface area contributed by atoms with Crippen molar-refractivity contribution in [1.82, 2.24) is 5.43 Å². The zero-order valence-corrected chi connectivity index (χ0v) is 17.7. The summed E-state index contributed by atoms with van der Waals surface area (Å²) in [6.45, 7) is 4.92. The molecule has 0 atom stereocenters. The second-order valence-electron chi connectivity index (χ2n) is 7.21. The molecule has 0 spiro atoms. The zero-order valence-electron chi connectivity index (χ0n) is 16.2. The van der Waals surface area contributed by atoms with Crippen LogP contribution in [0.25, 0.3) is 0 Å². The number of nitro benzene ring substituents is 1. The van der Waals surface area contributed by atoms with E-state index in [0.29, 0.717) is 12.1 Å². The predicted octanol–water partition coefficient (Wildman–Crippen LogP) is 0.335. The lowest BCUT2D eigenvalue weighted by molar-refractivity contribution is -1.02. The molecule has 0 aromatic heterocycles. The van der Waals surface area contributed by atoms with Crippen molar-refractivity contribution in [2.24, 2.45) is 5.10 Å². The van der Waals surface area contributed by atoms with Crippen LogP contribution >= 0.6 is 23.2 Å². The average Bonchev–Trinajstić information content (AvgIpc) is 2.72. The molecule has 0 radical (unpaired) electrons. The highest BCUT2D eigenvalue weighted by molar-refractivity contribution is 6.32. The van der Waals surface area contributed by atoms with Crippen molar-refractivity contribution in [3.63, 3.8) is 0 Å². The van der Waals surface area contributed by atoms with Gasteiger partial charge in [-0.3, -0.25) is 14.9 Å². The number of carbonyl (C=O) groups is 1. The van der Waals surface area contributed by atoms with Crippen molar-refractivity contribution < 1.29 is 19.5 Å². The quantitative estimate of drug-likeness (QED) is 0.321. The monoisotopic (exact) mass is 451 g/mol. The van der Waals surface area contributed by atoms with E-state index in [9.17, 15) is 14.9 Å². The molecule has 1 aliphatic rings. The van der Waals surface area contributed by atoms with Gasteiger partial charge in [0.15, 0.2) is 6.54 Å². The first kappa shape index (κ1) is 22.2.